The highest BCUT2D eigenvalue weighted by Crippen LogP contribution is 2.15. The first-order chi connectivity index (χ1) is 7.83. The minimum Gasteiger partial charge on any atom is -0.225 e. The maximum atomic E-state index is 5.76. The van der Waals surface area contributed by atoms with Gasteiger partial charge in [0, 0.05) is 11.6 Å². The summed E-state index contributed by atoms with van der Waals surface area (Å²) in [4.78, 5) is 8.20. The topological polar surface area (TPSA) is 24.7 Å². The number of unbranched alkanes of at least 4 members (excludes halogenated alkanes) is 3. The van der Waals surface area contributed by atoms with E-state index < -0.39 is 0 Å². The fourth-order valence-electron chi connectivity index (χ4n) is 1.28. The van der Waals surface area contributed by atoms with Crippen LogP contribution in [0.15, 0.2) is 34.3 Å². The molecule has 0 N–H and O–H groups in total. The van der Waals surface area contributed by atoms with Gasteiger partial charge in [0.15, 0.2) is 0 Å². The van der Waals surface area contributed by atoms with Crippen molar-refractivity contribution < 1.29 is 0 Å². The highest BCUT2D eigenvalue weighted by Gasteiger charge is 1.87. The van der Waals surface area contributed by atoms with E-state index in [1.807, 2.05) is 24.3 Å². The van der Waals surface area contributed by atoms with Gasteiger partial charge in [0.2, 0.25) is 0 Å². The summed E-state index contributed by atoms with van der Waals surface area (Å²) in [5, 5.41) is 0.718. The molecule has 0 unspecified atom stereocenters. The molecule has 0 spiro atoms. The van der Waals surface area contributed by atoms with Gasteiger partial charge in [0.25, 0.3) is 0 Å². The molecule has 1 aromatic rings. The summed E-state index contributed by atoms with van der Waals surface area (Å²) >= 11 is 5.76. The van der Waals surface area contributed by atoms with E-state index in [2.05, 4.69) is 22.9 Å². The van der Waals surface area contributed by atoms with E-state index in [4.69, 9.17) is 11.6 Å². The van der Waals surface area contributed by atoms with Crippen molar-refractivity contribution >= 4 is 23.3 Å². The number of hydrogen-bond acceptors (Lipinski definition) is 2. The van der Waals surface area contributed by atoms with Gasteiger partial charge in [-0.2, -0.15) is 4.99 Å². The molecule has 0 aliphatic carbocycles. The Balaban J connectivity index is 2.30. The number of hydrogen-bond donors (Lipinski definition) is 0. The lowest BCUT2D eigenvalue weighted by atomic mass is 10.2. The van der Waals surface area contributed by atoms with E-state index in [1.54, 1.807) is 0 Å². The highest BCUT2D eigenvalue weighted by atomic mass is 35.5. The Kier molecular flexibility index (Phi) is 6.55. The van der Waals surface area contributed by atoms with Crippen LogP contribution in [0.2, 0.25) is 5.02 Å². The van der Waals surface area contributed by atoms with Crippen molar-refractivity contribution in [3.05, 3.63) is 29.3 Å². The number of nitrogens with zero attached hydrogens (tertiary/aromatic N) is 2. The van der Waals surface area contributed by atoms with Gasteiger partial charge < -0.3 is 0 Å². The Bertz CT molecular complexity index is 351. The van der Waals surface area contributed by atoms with Crippen molar-refractivity contribution in [1.82, 2.24) is 0 Å². The van der Waals surface area contributed by atoms with Crippen molar-refractivity contribution in [3.8, 4) is 0 Å². The van der Waals surface area contributed by atoms with Crippen molar-refractivity contribution in [2.45, 2.75) is 32.6 Å². The van der Waals surface area contributed by atoms with Crippen LogP contribution in [0, 0.1) is 0 Å². The monoisotopic (exact) mass is 236 g/mol. The second-order valence-corrected chi connectivity index (χ2v) is 4.07. The molecule has 0 aromatic heterocycles. The molecule has 0 aliphatic heterocycles. The average Bonchev–Trinajstić information content (AvgIpc) is 2.30. The minimum absolute atomic E-state index is 0.718. The smallest absolute Gasteiger partial charge is 0.0948 e. The van der Waals surface area contributed by atoms with Crippen molar-refractivity contribution in [2.24, 2.45) is 9.98 Å². The molecule has 16 heavy (non-hydrogen) atoms. The van der Waals surface area contributed by atoms with E-state index in [0.29, 0.717) is 0 Å². The molecular weight excluding hydrogens is 220 g/mol. The lowest BCUT2D eigenvalue weighted by Gasteiger charge is -1.92. The highest BCUT2D eigenvalue weighted by molar-refractivity contribution is 6.30. The van der Waals surface area contributed by atoms with Gasteiger partial charge in [-0.3, -0.25) is 0 Å². The predicted octanol–water partition coefficient (Wildman–Crippen LogP) is 4.73. The van der Waals surface area contributed by atoms with Gasteiger partial charge in [-0.15, -0.1) is 0 Å². The Morgan fingerprint density at radius 3 is 2.56 bits per heavy atom. The molecule has 1 rings (SSSR count). The summed E-state index contributed by atoms with van der Waals surface area (Å²) in [6, 6.07) is 10.0. The third kappa shape index (κ3) is 5.69. The second-order valence-electron chi connectivity index (χ2n) is 3.63. The van der Waals surface area contributed by atoms with Crippen LogP contribution < -0.4 is 0 Å². The van der Waals surface area contributed by atoms with Gasteiger partial charge in [-0.05, 0) is 30.7 Å². The molecule has 3 heteroatoms. The van der Waals surface area contributed by atoms with Crippen LogP contribution in [0.5, 0.6) is 0 Å². The molecule has 2 nitrogen and oxygen atoms in total. The zero-order valence-electron chi connectivity index (χ0n) is 9.62. The summed E-state index contributed by atoms with van der Waals surface area (Å²) in [5.74, 6) is 0. The van der Waals surface area contributed by atoms with Crippen LogP contribution >= 0.6 is 11.6 Å². The average molecular weight is 237 g/mol. The third-order valence-electron chi connectivity index (χ3n) is 2.20. The van der Waals surface area contributed by atoms with Crippen LogP contribution in [0.25, 0.3) is 0 Å². The standard InChI is InChI=1S/C13H17ClN2/c1-2-3-4-5-10-15-11-16-13-8-6-12(14)7-9-13/h6-9H,2-5,10H2,1H3. The van der Waals surface area contributed by atoms with E-state index >= 15 is 0 Å². The largest absolute Gasteiger partial charge is 0.225 e. The van der Waals surface area contributed by atoms with E-state index in [0.717, 1.165) is 23.7 Å². The number of aliphatic imine (C=N–C) groups is 2. The normalized spacial score (nSPS) is 9.62. The molecule has 0 atom stereocenters. The minimum atomic E-state index is 0.718. The SMILES string of the molecule is CCCCCCN=C=Nc1ccc(Cl)cc1. The molecule has 0 radical (unpaired) electrons. The van der Waals surface area contributed by atoms with Crippen molar-refractivity contribution in [2.75, 3.05) is 6.54 Å². The zero-order valence-corrected chi connectivity index (χ0v) is 10.4. The zero-order chi connectivity index (χ0) is 11.6. The first kappa shape index (κ1) is 13.0. The summed E-state index contributed by atoms with van der Waals surface area (Å²) < 4.78 is 0. The number of halogens is 1. The number of benzene rings is 1. The summed E-state index contributed by atoms with van der Waals surface area (Å²) in [7, 11) is 0. The Labute approximate surface area is 102 Å². The van der Waals surface area contributed by atoms with Gasteiger partial charge >= 0.3 is 0 Å². The van der Waals surface area contributed by atoms with Crippen LogP contribution in [0.4, 0.5) is 5.69 Å². The second kappa shape index (κ2) is 8.09. The van der Waals surface area contributed by atoms with Crippen molar-refractivity contribution in [1.29, 1.82) is 0 Å². The summed E-state index contributed by atoms with van der Waals surface area (Å²) in [6.07, 6.45) is 4.89. The van der Waals surface area contributed by atoms with Crippen molar-refractivity contribution in [3.63, 3.8) is 0 Å². The Hall–Kier alpha value is -1.11. The van der Waals surface area contributed by atoms with Crippen LogP contribution in [-0.2, 0) is 0 Å². The molecule has 0 aliphatic rings. The van der Waals surface area contributed by atoms with Crippen LogP contribution in [0.1, 0.15) is 32.6 Å². The lowest BCUT2D eigenvalue weighted by Crippen LogP contribution is -1.80. The third-order valence-corrected chi connectivity index (χ3v) is 2.45. The maximum Gasteiger partial charge on any atom is 0.0948 e. The molecular formula is C13H17ClN2. The van der Waals surface area contributed by atoms with E-state index in [9.17, 15) is 0 Å². The fourth-order valence-corrected chi connectivity index (χ4v) is 1.40. The summed E-state index contributed by atoms with van der Waals surface area (Å²) in [6.45, 7) is 3.02. The number of rotatable bonds is 6. The molecule has 1 aromatic carbocycles. The van der Waals surface area contributed by atoms with Crippen LogP contribution in [0.3, 0.4) is 0 Å². The maximum absolute atomic E-state index is 5.76. The van der Waals surface area contributed by atoms with Gasteiger partial charge in [0.1, 0.15) is 0 Å². The van der Waals surface area contributed by atoms with E-state index in [-0.39, 0.29) is 0 Å². The molecule has 0 bridgehead atoms. The van der Waals surface area contributed by atoms with E-state index in [1.165, 1.54) is 19.3 Å². The van der Waals surface area contributed by atoms with Gasteiger partial charge in [-0.25, -0.2) is 4.99 Å². The molecule has 0 fully saturated rings. The lowest BCUT2D eigenvalue weighted by molar-refractivity contribution is 0.676. The summed E-state index contributed by atoms with van der Waals surface area (Å²) in [5.41, 5.74) is 0.835. The van der Waals surface area contributed by atoms with Gasteiger partial charge in [-0.1, -0.05) is 37.8 Å². The quantitative estimate of drug-likeness (QED) is 0.504. The molecule has 0 amide bonds. The van der Waals surface area contributed by atoms with Gasteiger partial charge in [0.05, 0.1) is 11.7 Å². The first-order valence-electron chi connectivity index (χ1n) is 5.70. The molecule has 0 heterocycles. The molecule has 0 saturated heterocycles. The molecule has 86 valence electrons. The fraction of sp³-hybridized carbons (Fsp3) is 0.462. The predicted molar refractivity (Wildman–Crippen MR) is 70.0 cm³/mol. The first-order valence-corrected chi connectivity index (χ1v) is 6.08. The Morgan fingerprint density at radius 1 is 1.12 bits per heavy atom. The van der Waals surface area contributed by atoms with Crippen LogP contribution in [-0.4, -0.2) is 12.6 Å². The molecule has 0 saturated carbocycles. The Morgan fingerprint density at radius 2 is 1.88 bits per heavy atom.